The second-order valence-corrected chi connectivity index (χ2v) is 5.25. The van der Waals surface area contributed by atoms with Gasteiger partial charge in [-0.3, -0.25) is 4.79 Å². The first kappa shape index (κ1) is 13.1. The van der Waals surface area contributed by atoms with E-state index in [1.54, 1.807) is 0 Å². The van der Waals surface area contributed by atoms with E-state index in [1.165, 1.54) is 5.56 Å². The summed E-state index contributed by atoms with van der Waals surface area (Å²) in [6.07, 6.45) is 5.15. The third-order valence-electron chi connectivity index (χ3n) is 3.72. The van der Waals surface area contributed by atoms with Gasteiger partial charge in [-0.1, -0.05) is 49.6 Å². The van der Waals surface area contributed by atoms with Crippen molar-refractivity contribution in [2.75, 3.05) is 0 Å². The molecule has 0 amide bonds. The number of hydrogen-bond acceptors (Lipinski definition) is 2. The molecule has 2 atom stereocenters. The van der Waals surface area contributed by atoms with Crippen LogP contribution in [0.15, 0.2) is 24.3 Å². The summed E-state index contributed by atoms with van der Waals surface area (Å²) in [4.78, 5) is 11.9. The first-order valence-electron chi connectivity index (χ1n) is 6.97. The Hall–Kier alpha value is -1.31. The molecule has 1 aromatic carbocycles. The van der Waals surface area contributed by atoms with Crippen LogP contribution in [0, 0.1) is 12.8 Å². The molecular formula is C16H22O2. The van der Waals surface area contributed by atoms with E-state index in [1.807, 2.05) is 0 Å². The van der Waals surface area contributed by atoms with Crippen LogP contribution in [0.5, 0.6) is 0 Å². The highest BCUT2D eigenvalue weighted by Gasteiger charge is 2.30. The van der Waals surface area contributed by atoms with Crippen LogP contribution in [0.4, 0.5) is 0 Å². The zero-order chi connectivity index (χ0) is 13.0. The Balaban J connectivity index is 1.95. The first-order chi connectivity index (χ1) is 8.70. The van der Waals surface area contributed by atoms with Crippen LogP contribution in [0.1, 0.15) is 56.3 Å². The summed E-state index contributed by atoms with van der Waals surface area (Å²) >= 11 is 0. The smallest absolute Gasteiger partial charge is 0.309 e. The Kier molecular flexibility index (Phi) is 4.40. The monoisotopic (exact) mass is 246 g/mol. The molecule has 0 aromatic heterocycles. The van der Waals surface area contributed by atoms with Crippen molar-refractivity contribution in [2.45, 2.75) is 52.1 Å². The van der Waals surface area contributed by atoms with Crippen LogP contribution < -0.4 is 0 Å². The average molecular weight is 246 g/mol. The Morgan fingerprint density at radius 2 is 1.94 bits per heavy atom. The number of rotatable bonds is 4. The highest BCUT2D eigenvalue weighted by atomic mass is 16.5. The summed E-state index contributed by atoms with van der Waals surface area (Å²) in [5.74, 6) is 0.131. The lowest BCUT2D eigenvalue weighted by molar-refractivity contribution is -0.161. The molecule has 2 heteroatoms. The number of carbonyl (C=O) groups excluding carboxylic acids is 1. The van der Waals surface area contributed by atoms with Gasteiger partial charge in [-0.05, 0) is 31.7 Å². The molecule has 1 saturated heterocycles. The van der Waals surface area contributed by atoms with E-state index in [-0.39, 0.29) is 18.0 Å². The Morgan fingerprint density at radius 1 is 1.22 bits per heavy atom. The number of benzene rings is 1. The largest absolute Gasteiger partial charge is 0.457 e. The maximum Gasteiger partial charge on any atom is 0.309 e. The molecule has 18 heavy (non-hydrogen) atoms. The fraction of sp³-hybridized carbons (Fsp3) is 0.562. The molecule has 1 aliphatic heterocycles. The fourth-order valence-electron chi connectivity index (χ4n) is 2.49. The van der Waals surface area contributed by atoms with Gasteiger partial charge in [-0.15, -0.1) is 0 Å². The van der Waals surface area contributed by atoms with Crippen molar-refractivity contribution in [3.8, 4) is 0 Å². The molecule has 2 rings (SSSR count). The zero-order valence-corrected chi connectivity index (χ0v) is 11.3. The second-order valence-electron chi connectivity index (χ2n) is 5.25. The molecule has 0 spiro atoms. The van der Waals surface area contributed by atoms with E-state index in [4.69, 9.17) is 4.74 Å². The normalized spacial score (nSPS) is 23.8. The van der Waals surface area contributed by atoms with E-state index in [2.05, 4.69) is 38.1 Å². The SMILES string of the molecule is CCCCC1CCC(c2ccc(C)cc2)OC1=O. The number of hydrogen-bond donors (Lipinski definition) is 0. The molecule has 98 valence electrons. The number of unbranched alkanes of at least 4 members (excludes halogenated alkanes) is 1. The van der Waals surface area contributed by atoms with Crippen LogP contribution in [-0.4, -0.2) is 5.97 Å². The molecule has 0 aliphatic carbocycles. The maximum absolute atomic E-state index is 11.9. The van der Waals surface area contributed by atoms with Gasteiger partial charge in [0.15, 0.2) is 0 Å². The van der Waals surface area contributed by atoms with E-state index < -0.39 is 0 Å². The van der Waals surface area contributed by atoms with Gasteiger partial charge in [0.05, 0.1) is 5.92 Å². The highest BCUT2D eigenvalue weighted by Crippen LogP contribution is 2.33. The van der Waals surface area contributed by atoms with Gasteiger partial charge >= 0.3 is 5.97 Å². The molecule has 0 radical (unpaired) electrons. The van der Waals surface area contributed by atoms with E-state index in [9.17, 15) is 4.79 Å². The van der Waals surface area contributed by atoms with E-state index >= 15 is 0 Å². The van der Waals surface area contributed by atoms with Gasteiger partial charge in [0.25, 0.3) is 0 Å². The van der Waals surface area contributed by atoms with Crippen LogP contribution in [-0.2, 0) is 9.53 Å². The summed E-state index contributed by atoms with van der Waals surface area (Å²) in [7, 11) is 0. The van der Waals surface area contributed by atoms with Gasteiger partial charge in [-0.2, -0.15) is 0 Å². The van der Waals surface area contributed by atoms with Crippen molar-refractivity contribution in [1.29, 1.82) is 0 Å². The topological polar surface area (TPSA) is 26.3 Å². The highest BCUT2D eigenvalue weighted by molar-refractivity contribution is 5.73. The molecule has 1 heterocycles. The van der Waals surface area contributed by atoms with Crippen molar-refractivity contribution < 1.29 is 9.53 Å². The van der Waals surface area contributed by atoms with Crippen molar-refractivity contribution >= 4 is 5.97 Å². The number of ether oxygens (including phenoxy) is 1. The van der Waals surface area contributed by atoms with Gasteiger partial charge in [0.1, 0.15) is 6.10 Å². The molecule has 1 fully saturated rings. The fourth-order valence-corrected chi connectivity index (χ4v) is 2.49. The molecule has 0 bridgehead atoms. The predicted molar refractivity (Wildman–Crippen MR) is 72.3 cm³/mol. The Morgan fingerprint density at radius 3 is 2.56 bits per heavy atom. The number of aryl methyl sites for hydroxylation is 1. The lowest BCUT2D eigenvalue weighted by Gasteiger charge is -2.28. The summed E-state index contributed by atoms with van der Waals surface area (Å²) in [5, 5.41) is 0. The molecule has 1 aromatic rings. The minimum atomic E-state index is -0.0315. The molecule has 2 nitrogen and oxygen atoms in total. The Bertz CT molecular complexity index is 394. The summed E-state index contributed by atoms with van der Waals surface area (Å²) in [6, 6.07) is 8.29. The molecular weight excluding hydrogens is 224 g/mol. The van der Waals surface area contributed by atoms with Crippen LogP contribution in [0.3, 0.4) is 0 Å². The maximum atomic E-state index is 11.9. The van der Waals surface area contributed by atoms with Gasteiger partial charge < -0.3 is 4.74 Å². The average Bonchev–Trinajstić information content (AvgIpc) is 2.38. The van der Waals surface area contributed by atoms with Crippen molar-refractivity contribution in [3.63, 3.8) is 0 Å². The summed E-state index contributed by atoms with van der Waals surface area (Å²) in [6.45, 7) is 4.22. The van der Waals surface area contributed by atoms with Gasteiger partial charge in [-0.25, -0.2) is 0 Å². The van der Waals surface area contributed by atoms with Crippen molar-refractivity contribution in [3.05, 3.63) is 35.4 Å². The number of carbonyl (C=O) groups is 1. The number of esters is 1. The quantitative estimate of drug-likeness (QED) is 0.745. The second kappa shape index (κ2) is 6.03. The van der Waals surface area contributed by atoms with Gasteiger partial charge in [0.2, 0.25) is 0 Å². The van der Waals surface area contributed by atoms with Gasteiger partial charge in [0, 0.05) is 0 Å². The molecule has 0 saturated carbocycles. The standard InChI is InChI=1S/C16H22O2/c1-3-4-5-14-10-11-15(18-16(14)17)13-8-6-12(2)7-9-13/h6-9,14-15H,3-5,10-11H2,1-2H3. The minimum absolute atomic E-state index is 0.000255. The van der Waals surface area contributed by atoms with E-state index in [0.29, 0.717) is 0 Å². The van der Waals surface area contributed by atoms with Crippen LogP contribution >= 0.6 is 0 Å². The number of cyclic esters (lactones) is 1. The van der Waals surface area contributed by atoms with Crippen molar-refractivity contribution in [2.24, 2.45) is 5.92 Å². The lowest BCUT2D eigenvalue weighted by Crippen LogP contribution is -2.26. The van der Waals surface area contributed by atoms with Crippen LogP contribution in [0.25, 0.3) is 0 Å². The van der Waals surface area contributed by atoms with Crippen LogP contribution in [0.2, 0.25) is 0 Å². The van der Waals surface area contributed by atoms with E-state index in [0.717, 1.165) is 37.7 Å². The Labute approximate surface area is 109 Å². The third kappa shape index (κ3) is 3.12. The summed E-state index contributed by atoms with van der Waals surface area (Å²) in [5.41, 5.74) is 2.37. The lowest BCUT2D eigenvalue weighted by atomic mass is 9.90. The minimum Gasteiger partial charge on any atom is -0.457 e. The zero-order valence-electron chi connectivity index (χ0n) is 11.3. The molecule has 0 N–H and O–H groups in total. The molecule has 2 unspecified atom stereocenters. The predicted octanol–water partition coefficient (Wildman–Crippen LogP) is 4.18. The third-order valence-corrected chi connectivity index (χ3v) is 3.72. The molecule has 1 aliphatic rings. The van der Waals surface area contributed by atoms with Crippen molar-refractivity contribution in [1.82, 2.24) is 0 Å². The summed E-state index contributed by atoms with van der Waals surface area (Å²) < 4.78 is 5.58. The first-order valence-corrected chi connectivity index (χ1v) is 6.97.